The van der Waals surface area contributed by atoms with Crippen LogP contribution in [-0.2, 0) is 13.1 Å². The lowest BCUT2D eigenvalue weighted by molar-refractivity contribution is 0.563. The fourth-order valence-electron chi connectivity index (χ4n) is 3.56. The summed E-state index contributed by atoms with van der Waals surface area (Å²) in [4.78, 5) is 39.0. The van der Waals surface area contributed by atoms with Gasteiger partial charge in [0.15, 0.2) is 0 Å². The van der Waals surface area contributed by atoms with E-state index in [1.165, 1.54) is 4.57 Å². The van der Waals surface area contributed by atoms with E-state index in [0.717, 1.165) is 41.7 Å². The second kappa shape index (κ2) is 9.76. The Morgan fingerprint density at radius 3 is 2.48 bits per heavy atom. The number of rotatable bonds is 9. The van der Waals surface area contributed by atoms with Gasteiger partial charge >= 0.3 is 5.69 Å². The Hall–Kier alpha value is -3.16. The molecule has 2 heterocycles. The van der Waals surface area contributed by atoms with Crippen LogP contribution >= 0.6 is 0 Å². The molecule has 0 saturated carbocycles. The van der Waals surface area contributed by atoms with Gasteiger partial charge in [-0.3, -0.25) is 14.3 Å². The van der Waals surface area contributed by atoms with Crippen LogP contribution in [0.1, 0.15) is 51.4 Å². The van der Waals surface area contributed by atoms with E-state index in [2.05, 4.69) is 23.8 Å². The molecule has 3 N–H and O–H groups in total. The fourth-order valence-corrected chi connectivity index (χ4v) is 3.56. The minimum absolute atomic E-state index is 0.206. The average molecular weight is 425 g/mol. The van der Waals surface area contributed by atoms with Gasteiger partial charge in [0.1, 0.15) is 11.5 Å². The molecule has 3 rings (SSSR count). The molecule has 0 radical (unpaired) electrons. The number of unbranched alkanes of at least 4 members (excludes halogenated alkanes) is 1. The van der Waals surface area contributed by atoms with Gasteiger partial charge in [-0.1, -0.05) is 39.3 Å². The molecule has 0 saturated heterocycles. The molecule has 1 aromatic carbocycles. The van der Waals surface area contributed by atoms with Crippen molar-refractivity contribution in [3.8, 4) is 0 Å². The summed E-state index contributed by atoms with van der Waals surface area (Å²) in [6, 6.07) is 7.72. The predicted octanol–water partition coefficient (Wildman–Crippen LogP) is 3.22. The maximum atomic E-state index is 12.8. The summed E-state index contributed by atoms with van der Waals surface area (Å²) in [6.45, 7) is 9.71. The third kappa shape index (κ3) is 5.13. The molecule has 2 aromatic heterocycles. The highest BCUT2D eigenvalue weighted by Gasteiger charge is 2.21. The number of nitrogens with one attached hydrogen (secondary N) is 1. The van der Waals surface area contributed by atoms with E-state index in [0.29, 0.717) is 31.2 Å². The zero-order valence-electron chi connectivity index (χ0n) is 18.8. The van der Waals surface area contributed by atoms with Crippen LogP contribution in [0.5, 0.6) is 0 Å². The van der Waals surface area contributed by atoms with Gasteiger partial charge < -0.3 is 10.6 Å². The van der Waals surface area contributed by atoms with Gasteiger partial charge in [0.25, 0.3) is 5.56 Å². The highest BCUT2D eigenvalue weighted by molar-refractivity contribution is 5.74. The Morgan fingerprint density at radius 2 is 1.84 bits per heavy atom. The zero-order chi connectivity index (χ0) is 22.5. The van der Waals surface area contributed by atoms with Crippen molar-refractivity contribution < 1.29 is 0 Å². The van der Waals surface area contributed by atoms with Crippen LogP contribution in [-0.4, -0.2) is 26.1 Å². The average Bonchev–Trinajstić information content (AvgIpc) is 2.71. The van der Waals surface area contributed by atoms with Crippen molar-refractivity contribution in [3.63, 3.8) is 0 Å². The number of hydrogen-bond acceptors (Lipinski definition) is 6. The van der Waals surface area contributed by atoms with Crippen LogP contribution in [0.2, 0.25) is 0 Å². The Labute approximate surface area is 182 Å². The molecule has 0 aliphatic carbocycles. The summed E-state index contributed by atoms with van der Waals surface area (Å²) < 4.78 is 1.46. The number of nitrogen functional groups attached to an aromatic ring is 1. The lowest BCUT2D eigenvalue weighted by Gasteiger charge is -2.27. The SMILES string of the molecule is CCCCn1c(N)c(N(CCC(C)C)Cc2nc3ccccc3nc2C)c(=O)[nH]c1=O. The van der Waals surface area contributed by atoms with E-state index in [9.17, 15) is 9.59 Å². The number of aromatic amines is 1. The molecule has 0 aliphatic rings. The van der Waals surface area contributed by atoms with Crippen LogP contribution in [0.25, 0.3) is 11.0 Å². The predicted molar refractivity (Wildman–Crippen MR) is 125 cm³/mol. The molecule has 166 valence electrons. The molecule has 0 spiro atoms. The van der Waals surface area contributed by atoms with E-state index >= 15 is 0 Å². The molecular formula is C23H32N6O2. The third-order valence-electron chi connectivity index (χ3n) is 5.43. The second-order valence-corrected chi connectivity index (χ2v) is 8.35. The van der Waals surface area contributed by atoms with Gasteiger partial charge in [0, 0.05) is 13.1 Å². The molecule has 8 heteroatoms. The minimum Gasteiger partial charge on any atom is -0.383 e. The Kier molecular flexibility index (Phi) is 7.09. The topological polar surface area (TPSA) is 110 Å². The molecule has 0 aliphatic heterocycles. The van der Waals surface area contributed by atoms with Crippen LogP contribution < -0.4 is 21.9 Å². The summed E-state index contributed by atoms with van der Waals surface area (Å²) in [5, 5.41) is 0. The summed E-state index contributed by atoms with van der Waals surface area (Å²) in [7, 11) is 0. The Balaban J connectivity index is 2.07. The van der Waals surface area contributed by atoms with E-state index < -0.39 is 11.2 Å². The van der Waals surface area contributed by atoms with Gasteiger partial charge in [-0.05, 0) is 37.8 Å². The van der Waals surface area contributed by atoms with Crippen molar-refractivity contribution >= 4 is 22.5 Å². The maximum Gasteiger partial charge on any atom is 0.330 e. The number of anilines is 2. The van der Waals surface area contributed by atoms with Crippen molar-refractivity contribution in [3.05, 3.63) is 56.5 Å². The molecule has 8 nitrogen and oxygen atoms in total. The van der Waals surface area contributed by atoms with Gasteiger partial charge in [-0.15, -0.1) is 0 Å². The molecule has 0 fully saturated rings. The first-order chi connectivity index (χ1) is 14.8. The Morgan fingerprint density at radius 1 is 1.16 bits per heavy atom. The number of H-pyrrole nitrogens is 1. The molecular weight excluding hydrogens is 392 g/mol. The van der Waals surface area contributed by atoms with Crippen molar-refractivity contribution in [2.75, 3.05) is 17.2 Å². The van der Waals surface area contributed by atoms with Gasteiger partial charge in [0.2, 0.25) is 0 Å². The smallest absolute Gasteiger partial charge is 0.330 e. The number of nitrogens with zero attached hydrogens (tertiary/aromatic N) is 4. The zero-order valence-corrected chi connectivity index (χ0v) is 18.8. The van der Waals surface area contributed by atoms with Gasteiger partial charge in [-0.25, -0.2) is 14.8 Å². The monoisotopic (exact) mass is 424 g/mol. The summed E-state index contributed by atoms with van der Waals surface area (Å²) in [5.41, 5.74) is 9.01. The minimum atomic E-state index is -0.467. The van der Waals surface area contributed by atoms with Crippen molar-refractivity contribution in [2.45, 2.75) is 60.0 Å². The van der Waals surface area contributed by atoms with E-state index in [-0.39, 0.29) is 5.82 Å². The normalized spacial score (nSPS) is 11.4. The van der Waals surface area contributed by atoms with Gasteiger partial charge in [-0.2, -0.15) is 0 Å². The number of aryl methyl sites for hydroxylation is 1. The van der Waals surface area contributed by atoms with Crippen molar-refractivity contribution in [1.82, 2.24) is 19.5 Å². The Bertz CT molecular complexity index is 1160. The molecule has 3 aromatic rings. The number of benzene rings is 1. The number of nitrogens with two attached hydrogens (primary N) is 1. The molecule has 0 bridgehead atoms. The number of fused-ring (bicyclic) bond motifs is 1. The molecule has 0 atom stereocenters. The number of para-hydroxylation sites is 2. The lowest BCUT2D eigenvalue weighted by Crippen LogP contribution is -2.39. The highest BCUT2D eigenvalue weighted by atomic mass is 16.2. The molecule has 0 amide bonds. The molecule has 31 heavy (non-hydrogen) atoms. The van der Waals surface area contributed by atoms with Crippen LogP contribution in [0.15, 0.2) is 33.9 Å². The quantitative estimate of drug-likeness (QED) is 0.546. The van der Waals surface area contributed by atoms with E-state index in [1.807, 2.05) is 43.0 Å². The lowest BCUT2D eigenvalue weighted by atomic mass is 10.1. The maximum absolute atomic E-state index is 12.8. The largest absolute Gasteiger partial charge is 0.383 e. The molecule has 0 unspecified atom stereocenters. The standard InChI is InChI=1S/C23H32N6O2/c1-5-6-12-29-21(24)20(22(30)27-23(29)31)28(13-11-15(2)3)14-19-16(4)25-17-9-7-8-10-18(17)26-19/h7-10,15H,5-6,11-14,24H2,1-4H3,(H,27,30,31). The van der Waals surface area contributed by atoms with E-state index in [1.54, 1.807) is 0 Å². The summed E-state index contributed by atoms with van der Waals surface area (Å²) in [5.74, 6) is 0.648. The van der Waals surface area contributed by atoms with Crippen molar-refractivity contribution in [1.29, 1.82) is 0 Å². The number of aromatic nitrogens is 4. The number of hydrogen-bond donors (Lipinski definition) is 2. The summed E-state index contributed by atoms with van der Waals surface area (Å²) in [6.07, 6.45) is 2.59. The van der Waals surface area contributed by atoms with Crippen LogP contribution in [0.3, 0.4) is 0 Å². The van der Waals surface area contributed by atoms with Crippen molar-refractivity contribution in [2.24, 2.45) is 5.92 Å². The first kappa shape index (κ1) is 22.5. The first-order valence-electron chi connectivity index (χ1n) is 10.9. The fraction of sp³-hybridized carbons (Fsp3) is 0.478. The third-order valence-corrected chi connectivity index (χ3v) is 5.43. The summed E-state index contributed by atoms with van der Waals surface area (Å²) >= 11 is 0. The second-order valence-electron chi connectivity index (χ2n) is 8.35. The van der Waals surface area contributed by atoms with E-state index in [4.69, 9.17) is 10.7 Å². The highest BCUT2D eigenvalue weighted by Crippen LogP contribution is 2.22. The van der Waals surface area contributed by atoms with Crippen LogP contribution in [0.4, 0.5) is 11.5 Å². The van der Waals surface area contributed by atoms with Gasteiger partial charge in [0.05, 0.1) is 29.0 Å². The van der Waals surface area contributed by atoms with Crippen LogP contribution in [0, 0.1) is 12.8 Å². The first-order valence-corrected chi connectivity index (χ1v) is 10.9.